The number of hydrogen-bond acceptors (Lipinski definition) is 6. The molecule has 0 aliphatic carbocycles. The molecule has 6 N–H and O–H groups in total. The molecule has 0 aliphatic rings. The van der Waals surface area contributed by atoms with Gasteiger partial charge in [0.25, 0.3) is 0 Å². The van der Waals surface area contributed by atoms with E-state index in [4.69, 9.17) is 15.6 Å². The third kappa shape index (κ3) is 4.54. The first-order valence-corrected chi connectivity index (χ1v) is 6.21. The van der Waals surface area contributed by atoms with E-state index in [1.165, 1.54) is 13.2 Å². The quantitative estimate of drug-likeness (QED) is 0.395. The van der Waals surface area contributed by atoms with Crippen LogP contribution in [0.3, 0.4) is 0 Å². The van der Waals surface area contributed by atoms with Crippen LogP contribution in [0.2, 0.25) is 0 Å². The summed E-state index contributed by atoms with van der Waals surface area (Å²) in [5, 5.41) is 37.6. The van der Waals surface area contributed by atoms with Gasteiger partial charge in [0.2, 0.25) is 5.91 Å². The summed E-state index contributed by atoms with van der Waals surface area (Å²) < 4.78 is 4.99. The molecule has 0 aromatic heterocycles. The van der Waals surface area contributed by atoms with Gasteiger partial charge in [-0.1, -0.05) is 12.1 Å². The van der Waals surface area contributed by atoms with E-state index in [1.54, 1.807) is 24.3 Å². The summed E-state index contributed by atoms with van der Waals surface area (Å²) in [6.07, 6.45) is -3.74. The van der Waals surface area contributed by atoms with E-state index in [9.17, 15) is 20.1 Å². The van der Waals surface area contributed by atoms with Crippen molar-refractivity contribution in [3.63, 3.8) is 0 Å². The number of aliphatic hydroxyl groups excluding tert-OH is 4. The molecule has 0 heterocycles. The SMILES string of the molecule is COc1ccc(C=C(C(N)=O)C(O)C(O)C(O)CO)cc1. The summed E-state index contributed by atoms with van der Waals surface area (Å²) in [6.45, 7) is -0.757. The summed E-state index contributed by atoms with van der Waals surface area (Å²) in [4.78, 5) is 11.4. The predicted molar refractivity (Wildman–Crippen MR) is 75.3 cm³/mol. The van der Waals surface area contributed by atoms with Crippen LogP contribution in [0.4, 0.5) is 0 Å². The molecule has 0 aliphatic heterocycles. The highest BCUT2D eigenvalue weighted by atomic mass is 16.5. The minimum Gasteiger partial charge on any atom is -0.497 e. The molecule has 1 amide bonds. The van der Waals surface area contributed by atoms with E-state index in [-0.39, 0.29) is 5.57 Å². The molecule has 0 saturated carbocycles. The van der Waals surface area contributed by atoms with Crippen LogP contribution in [0.5, 0.6) is 5.75 Å². The highest BCUT2D eigenvalue weighted by Gasteiger charge is 2.29. The molecule has 1 aromatic rings. The van der Waals surface area contributed by atoms with Crippen LogP contribution in [0.15, 0.2) is 29.8 Å². The number of nitrogens with two attached hydrogens (primary N) is 1. The fourth-order valence-electron chi connectivity index (χ4n) is 1.68. The number of aliphatic hydroxyl groups is 4. The van der Waals surface area contributed by atoms with Gasteiger partial charge < -0.3 is 30.9 Å². The number of hydrogen-bond donors (Lipinski definition) is 5. The van der Waals surface area contributed by atoms with Gasteiger partial charge in [-0.25, -0.2) is 0 Å². The standard InChI is InChI=1S/C14H19NO6/c1-21-9-4-2-8(3-5-9)6-10(14(15)20)12(18)13(19)11(17)7-16/h2-6,11-13,16-19H,7H2,1H3,(H2,15,20). The van der Waals surface area contributed by atoms with E-state index < -0.39 is 30.8 Å². The van der Waals surface area contributed by atoms with Gasteiger partial charge in [-0.3, -0.25) is 4.79 Å². The fourth-order valence-corrected chi connectivity index (χ4v) is 1.68. The smallest absolute Gasteiger partial charge is 0.247 e. The Hall–Kier alpha value is -1.93. The molecule has 3 atom stereocenters. The first-order valence-electron chi connectivity index (χ1n) is 6.21. The molecule has 7 heteroatoms. The van der Waals surface area contributed by atoms with Crippen LogP contribution in [0.1, 0.15) is 5.56 Å². The second-order valence-electron chi connectivity index (χ2n) is 4.42. The molecule has 0 spiro atoms. The third-order valence-corrected chi connectivity index (χ3v) is 2.95. The molecule has 7 nitrogen and oxygen atoms in total. The number of ether oxygens (including phenoxy) is 1. The Bertz CT molecular complexity index is 499. The topological polar surface area (TPSA) is 133 Å². The minimum absolute atomic E-state index is 0.278. The Kier molecular flexibility index (Phi) is 6.32. The summed E-state index contributed by atoms with van der Waals surface area (Å²) in [5.41, 5.74) is 5.45. The maximum absolute atomic E-state index is 11.4. The van der Waals surface area contributed by atoms with Crippen LogP contribution in [-0.4, -0.2) is 58.4 Å². The number of carbonyl (C=O) groups is 1. The molecular weight excluding hydrogens is 278 g/mol. The molecule has 0 radical (unpaired) electrons. The summed E-state index contributed by atoms with van der Waals surface area (Å²) in [6, 6.07) is 6.55. The molecule has 0 fully saturated rings. The molecule has 21 heavy (non-hydrogen) atoms. The van der Waals surface area contributed by atoms with Gasteiger partial charge in [-0.2, -0.15) is 0 Å². The Morgan fingerprint density at radius 2 is 1.86 bits per heavy atom. The predicted octanol–water partition coefficient (Wildman–Crippen LogP) is -1.36. The van der Waals surface area contributed by atoms with Gasteiger partial charge in [-0.15, -0.1) is 0 Å². The van der Waals surface area contributed by atoms with E-state index in [2.05, 4.69) is 0 Å². The van der Waals surface area contributed by atoms with Crippen molar-refractivity contribution in [3.8, 4) is 5.75 Å². The van der Waals surface area contributed by atoms with Crippen molar-refractivity contribution in [2.75, 3.05) is 13.7 Å². The number of carbonyl (C=O) groups excluding carboxylic acids is 1. The normalized spacial score (nSPS) is 16.1. The number of amides is 1. The largest absolute Gasteiger partial charge is 0.497 e. The maximum atomic E-state index is 11.4. The maximum Gasteiger partial charge on any atom is 0.247 e. The van der Waals surface area contributed by atoms with E-state index in [0.29, 0.717) is 11.3 Å². The summed E-state index contributed by atoms with van der Waals surface area (Å²) in [7, 11) is 1.51. The number of benzene rings is 1. The highest BCUT2D eigenvalue weighted by molar-refractivity contribution is 5.97. The van der Waals surface area contributed by atoms with Gasteiger partial charge >= 0.3 is 0 Å². The van der Waals surface area contributed by atoms with Crippen molar-refractivity contribution in [3.05, 3.63) is 35.4 Å². The zero-order chi connectivity index (χ0) is 16.0. The molecule has 0 saturated heterocycles. The van der Waals surface area contributed by atoms with Crippen molar-refractivity contribution in [2.45, 2.75) is 18.3 Å². The van der Waals surface area contributed by atoms with Crippen LogP contribution in [0.25, 0.3) is 6.08 Å². The zero-order valence-electron chi connectivity index (χ0n) is 11.5. The number of primary amides is 1. The van der Waals surface area contributed by atoms with Gasteiger partial charge in [0.05, 0.1) is 13.7 Å². The Morgan fingerprint density at radius 1 is 1.29 bits per heavy atom. The molecule has 3 unspecified atom stereocenters. The fraction of sp³-hybridized carbons (Fsp3) is 0.357. The first-order chi connectivity index (χ1) is 9.90. The monoisotopic (exact) mass is 297 g/mol. The van der Waals surface area contributed by atoms with Crippen molar-refractivity contribution >= 4 is 12.0 Å². The first kappa shape index (κ1) is 17.1. The minimum atomic E-state index is -1.73. The Balaban J connectivity index is 3.04. The lowest BCUT2D eigenvalue weighted by atomic mass is 9.98. The van der Waals surface area contributed by atoms with Crippen LogP contribution in [0, 0.1) is 0 Å². The molecular formula is C14H19NO6. The highest BCUT2D eigenvalue weighted by Crippen LogP contribution is 2.17. The van der Waals surface area contributed by atoms with Crippen molar-refractivity contribution in [1.82, 2.24) is 0 Å². The Morgan fingerprint density at radius 3 is 2.29 bits per heavy atom. The van der Waals surface area contributed by atoms with Gasteiger partial charge in [0.15, 0.2) is 0 Å². The lowest BCUT2D eigenvalue weighted by Crippen LogP contribution is -2.43. The Labute approximate surface area is 121 Å². The number of rotatable bonds is 7. The van der Waals surface area contributed by atoms with Gasteiger partial charge in [0, 0.05) is 5.57 Å². The lowest BCUT2D eigenvalue weighted by Gasteiger charge is -2.22. The van der Waals surface area contributed by atoms with E-state index in [0.717, 1.165) is 0 Å². The van der Waals surface area contributed by atoms with Gasteiger partial charge in [-0.05, 0) is 23.8 Å². The molecule has 116 valence electrons. The molecule has 1 rings (SSSR count). The van der Waals surface area contributed by atoms with Crippen molar-refractivity contribution < 1.29 is 30.0 Å². The summed E-state index contributed by atoms with van der Waals surface area (Å²) >= 11 is 0. The van der Waals surface area contributed by atoms with E-state index >= 15 is 0 Å². The summed E-state index contributed by atoms with van der Waals surface area (Å²) in [5.74, 6) is -0.327. The number of methoxy groups -OCH3 is 1. The second-order valence-corrected chi connectivity index (χ2v) is 4.42. The van der Waals surface area contributed by atoms with Crippen LogP contribution in [-0.2, 0) is 4.79 Å². The van der Waals surface area contributed by atoms with E-state index in [1.807, 2.05) is 0 Å². The van der Waals surface area contributed by atoms with Crippen LogP contribution < -0.4 is 10.5 Å². The lowest BCUT2D eigenvalue weighted by molar-refractivity contribution is -0.117. The van der Waals surface area contributed by atoms with Crippen molar-refractivity contribution in [2.24, 2.45) is 5.73 Å². The van der Waals surface area contributed by atoms with Crippen molar-refractivity contribution in [1.29, 1.82) is 0 Å². The third-order valence-electron chi connectivity index (χ3n) is 2.95. The van der Waals surface area contributed by atoms with Crippen LogP contribution >= 0.6 is 0 Å². The zero-order valence-corrected chi connectivity index (χ0v) is 11.5. The van der Waals surface area contributed by atoms with Gasteiger partial charge in [0.1, 0.15) is 24.1 Å². The average Bonchev–Trinajstić information content (AvgIpc) is 2.50. The molecule has 0 bridgehead atoms. The second kappa shape index (κ2) is 7.75. The molecule has 1 aromatic carbocycles. The average molecular weight is 297 g/mol.